The van der Waals surface area contributed by atoms with Crippen molar-refractivity contribution in [3.05, 3.63) is 22.8 Å². The predicted octanol–water partition coefficient (Wildman–Crippen LogP) is 2.39. The zero-order chi connectivity index (χ0) is 14.3. The highest BCUT2D eigenvalue weighted by atomic mass is 35.5. The number of nitrogens with two attached hydrogens (primary N) is 1. The van der Waals surface area contributed by atoms with Crippen molar-refractivity contribution in [1.29, 1.82) is 5.26 Å². The minimum atomic E-state index is 0.499. The molecule has 0 aliphatic carbocycles. The zero-order valence-corrected chi connectivity index (χ0v) is 12.1. The molecule has 0 bridgehead atoms. The van der Waals surface area contributed by atoms with Crippen LogP contribution in [0.25, 0.3) is 0 Å². The number of pyridine rings is 1. The van der Waals surface area contributed by atoms with E-state index in [0.29, 0.717) is 36.3 Å². The van der Waals surface area contributed by atoms with Crippen LogP contribution in [0.5, 0.6) is 0 Å². The monoisotopic (exact) mass is 281 g/mol. The molecule has 5 nitrogen and oxygen atoms in total. The Morgan fingerprint density at radius 1 is 1.53 bits per heavy atom. The molecule has 0 saturated carbocycles. The fraction of sp³-hybridized carbons (Fsp3) is 0.538. The first kappa shape index (κ1) is 15.7. The summed E-state index contributed by atoms with van der Waals surface area (Å²) < 4.78 is 0. The molecule has 0 radical (unpaired) electrons. The number of hydrazine groups is 1. The van der Waals surface area contributed by atoms with Gasteiger partial charge in [0.2, 0.25) is 0 Å². The maximum atomic E-state index is 8.71. The molecule has 0 amide bonds. The third kappa shape index (κ3) is 5.43. The summed E-state index contributed by atoms with van der Waals surface area (Å²) in [5.74, 6) is 6.46. The molecule has 0 unspecified atom stereocenters. The van der Waals surface area contributed by atoms with E-state index in [-0.39, 0.29) is 0 Å². The molecular weight excluding hydrogens is 262 g/mol. The molecule has 3 N–H and O–H groups in total. The van der Waals surface area contributed by atoms with Crippen molar-refractivity contribution in [2.24, 2.45) is 11.8 Å². The van der Waals surface area contributed by atoms with E-state index in [1.807, 2.05) is 0 Å². The minimum absolute atomic E-state index is 0.499. The third-order valence-electron chi connectivity index (χ3n) is 2.60. The fourth-order valence-corrected chi connectivity index (χ4v) is 2.01. The SMILES string of the molecule is CC(C)CN(CCC#N)Cc1nc(NN)ccc1Cl. The van der Waals surface area contributed by atoms with Crippen molar-refractivity contribution in [1.82, 2.24) is 9.88 Å². The van der Waals surface area contributed by atoms with Gasteiger partial charge in [0.05, 0.1) is 16.8 Å². The van der Waals surface area contributed by atoms with Gasteiger partial charge in [-0.3, -0.25) is 4.90 Å². The molecule has 0 fully saturated rings. The molecule has 0 saturated heterocycles. The van der Waals surface area contributed by atoms with E-state index in [1.165, 1.54) is 0 Å². The van der Waals surface area contributed by atoms with Crippen LogP contribution in [0.2, 0.25) is 5.02 Å². The number of anilines is 1. The van der Waals surface area contributed by atoms with Gasteiger partial charge >= 0.3 is 0 Å². The molecule has 19 heavy (non-hydrogen) atoms. The Kier molecular flexibility index (Phi) is 6.57. The standard InChI is InChI=1S/C13H20ClN5/c1-10(2)8-19(7-3-6-15)9-12-11(14)4-5-13(17-12)18-16/h4-5,10H,3,7-9,16H2,1-2H3,(H,17,18). The van der Waals surface area contributed by atoms with Crippen LogP contribution in [0.3, 0.4) is 0 Å². The lowest BCUT2D eigenvalue weighted by molar-refractivity contribution is 0.239. The predicted molar refractivity (Wildman–Crippen MR) is 77.4 cm³/mol. The summed E-state index contributed by atoms with van der Waals surface area (Å²) in [6.07, 6.45) is 0.499. The van der Waals surface area contributed by atoms with E-state index in [0.717, 1.165) is 12.2 Å². The topological polar surface area (TPSA) is 78.0 Å². The number of hydrogen-bond donors (Lipinski definition) is 2. The Labute approximate surface area is 119 Å². The number of nitrogens with zero attached hydrogens (tertiary/aromatic N) is 3. The van der Waals surface area contributed by atoms with E-state index in [4.69, 9.17) is 22.7 Å². The average molecular weight is 282 g/mol. The molecule has 1 heterocycles. The van der Waals surface area contributed by atoms with Gasteiger partial charge < -0.3 is 5.43 Å². The molecule has 0 spiro atoms. The number of nitrogen functional groups attached to an aromatic ring is 1. The van der Waals surface area contributed by atoms with E-state index in [2.05, 4.69) is 35.2 Å². The molecule has 0 aliphatic rings. The number of halogens is 1. The van der Waals surface area contributed by atoms with E-state index >= 15 is 0 Å². The molecule has 1 aromatic heterocycles. The van der Waals surface area contributed by atoms with Gasteiger partial charge in [-0.25, -0.2) is 10.8 Å². The quantitative estimate of drug-likeness (QED) is 0.593. The molecule has 1 rings (SSSR count). The number of hydrogen-bond acceptors (Lipinski definition) is 5. The molecule has 0 aromatic carbocycles. The van der Waals surface area contributed by atoms with Crippen molar-refractivity contribution >= 4 is 17.4 Å². The first-order valence-corrected chi connectivity index (χ1v) is 6.66. The van der Waals surface area contributed by atoms with Crippen LogP contribution >= 0.6 is 11.6 Å². The lowest BCUT2D eigenvalue weighted by Gasteiger charge is -2.23. The summed E-state index contributed by atoms with van der Waals surface area (Å²) in [6.45, 7) is 6.53. The molecule has 0 atom stereocenters. The van der Waals surface area contributed by atoms with E-state index in [1.54, 1.807) is 12.1 Å². The summed E-state index contributed by atoms with van der Waals surface area (Å²) in [6, 6.07) is 5.67. The summed E-state index contributed by atoms with van der Waals surface area (Å²) in [7, 11) is 0. The fourth-order valence-electron chi connectivity index (χ4n) is 1.85. The summed E-state index contributed by atoms with van der Waals surface area (Å²) in [4.78, 5) is 6.54. The highest BCUT2D eigenvalue weighted by Gasteiger charge is 2.12. The molecule has 0 aliphatic heterocycles. The van der Waals surface area contributed by atoms with Crippen LogP contribution in [-0.4, -0.2) is 23.0 Å². The van der Waals surface area contributed by atoms with Crippen molar-refractivity contribution in [2.75, 3.05) is 18.5 Å². The normalized spacial score (nSPS) is 10.8. The maximum absolute atomic E-state index is 8.71. The summed E-state index contributed by atoms with van der Waals surface area (Å²) in [5, 5.41) is 9.32. The van der Waals surface area contributed by atoms with Crippen LogP contribution in [-0.2, 0) is 6.54 Å². The largest absolute Gasteiger partial charge is 0.308 e. The van der Waals surface area contributed by atoms with Gasteiger partial charge in [0.25, 0.3) is 0 Å². The van der Waals surface area contributed by atoms with Gasteiger partial charge in [0.15, 0.2) is 0 Å². The second kappa shape index (κ2) is 7.95. The van der Waals surface area contributed by atoms with Crippen LogP contribution < -0.4 is 11.3 Å². The van der Waals surface area contributed by atoms with Crippen molar-refractivity contribution < 1.29 is 0 Å². The smallest absolute Gasteiger partial charge is 0.140 e. The van der Waals surface area contributed by atoms with Gasteiger partial charge in [-0.15, -0.1) is 0 Å². The highest BCUT2D eigenvalue weighted by molar-refractivity contribution is 6.31. The van der Waals surface area contributed by atoms with Gasteiger partial charge in [-0.1, -0.05) is 25.4 Å². The molecule has 1 aromatic rings. The first-order chi connectivity index (χ1) is 9.06. The Bertz CT molecular complexity index is 441. The van der Waals surface area contributed by atoms with Gasteiger partial charge in [-0.05, 0) is 18.1 Å². The number of rotatable bonds is 7. The zero-order valence-electron chi connectivity index (χ0n) is 11.4. The number of nitriles is 1. The van der Waals surface area contributed by atoms with Crippen LogP contribution in [0.15, 0.2) is 12.1 Å². The Balaban J connectivity index is 2.79. The second-order valence-corrected chi connectivity index (χ2v) is 5.21. The Morgan fingerprint density at radius 3 is 2.84 bits per heavy atom. The molecule has 6 heteroatoms. The maximum Gasteiger partial charge on any atom is 0.140 e. The molecule has 104 valence electrons. The lowest BCUT2D eigenvalue weighted by Crippen LogP contribution is -2.29. The first-order valence-electron chi connectivity index (χ1n) is 6.28. The van der Waals surface area contributed by atoms with Crippen molar-refractivity contribution in [3.63, 3.8) is 0 Å². The molecular formula is C13H20ClN5. The van der Waals surface area contributed by atoms with E-state index < -0.39 is 0 Å². The number of nitrogens with one attached hydrogen (secondary N) is 1. The summed E-state index contributed by atoms with van der Waals surface area (Å²) in [5.41, 5.74) is 3.28. The van der Waals surface area contributed by atoms with Gasteiger partial charge in [0.1, 0.15) is 5.82 Å². The number of aromatic nitrogens is 1. The van der Waals surface area contributed by atoms with Crippen molar-refractivity contribution in [2.45, 2.75) is 26.8 Å². The minimum Gasteiger partial charge on any atom is -0.308 e. The van der Waals surface area contributed by atoms with Crippen molar-refractivity contribution in [3.8, 4) is 6.07 Å². The van der Waals surface area contributed by atoms with E-state index in [9.17, 15) is 0 Å². The van der Waals surface area contributed by atoms with Crippen LogP contribution in [0.1, 0.15) is 26.0 Å². The van der Waals surface area contributed by atoms with Crippen LogP contribution in [0, 0.1) is 17.2 Å². The van der Waals surface area contributed by atoms with Crippen LogP contribution in [0.4, 0.5) is 5.82 Å². The Hall–Kier alpha value is -1.35. The second-order valence-electron chi connectivity index (χ2n) is 4.81. The van der Waals surface area contributed by atoms with Gasteiger partial charge in [-0.2, -0.15) is 5.26 Å². The average Bonchev–Trinajstić information content (AvgIpc) is 2.37. The lowest BCUT2D eigenvalue weighted by atomic mass is 10.2. The Morgan fingerprint density at radius 2 is 2.26 bits per heavy atom. The third-order valence-corrected chi connectivity index (χ3v) is 2.95. The highest BCUT2D eigenvalue weighted by Crippen LogP contribution is 2.18. The summed E-state index contributed by atoms with van der Waals surface area (Å²) >= 11 is 6.15. The van der Waals surface area contributed by atoms with Gasteiger partial charge in [0, 0.05) is 26.1 Å².